The molecule has 2 aromatic carbocycles. The van der Waals surface area contributed by atoms with Crippen molar-refractivity contribution >= 4 is 33.2 Å². The smallest absolute Gasteiger partial charge is 0.255 e. The number of benzene rings is 2. The molecule has 1 atom stereocenters. The van der Waals surface area contributed by atoms with Gasteiger partial charge in [-0.25, -0.2) is 17.2 Å². The summed E-state index contributed by atoms with van der Waals surface area (Å²) in [6, 6.07) is 7.03. The second-order valence-corrected chi connectivity index (χ2v) is 9.02. The number of sulfonamides is 1. The lowest BCUT2D eigenvalue weighted by Gasteiger charge is -2.21. The zero-order valence-corrected chi connectivity index (χ0v) is 17.2. The van der Waals surface area contributed by atoms with E-state index in [4.69, 9.17) is 16.3 Å². The first-order chi connectivity index (χ1) is 14.2. The van der Waals surface area contributed by atoms with E-state index in [9.17, 15) is 27.1 Å². The Hall–Kier alpha value is -2.11. The van der Waals surface area contributed by atoms with E-state index in [1.807, 2.05) is 0 Å². The first-order valence-corrected chi connectivity index (χ1v) is 10.7. The van der Waals surface area contributed by atoms with Gasteiger partial charge in [0, 0.05) is 24.3 Å². The normalized spacial score (nSPS) is 18.1. The summed E-state index contributed by atoms with van der Waals surface area (Å²) in [5, 5.41) is 12.1. The van der Waals surface area contributed by atoms with Crippen molar-refractivity contribution < 1.29 is 31.8 Å². The number of ether oxygens (including phenoxy) is 1. The molecule has 0 radical (unpaired) electrons. The number of carbonyl (C=O) groups is 1. The number of aliphatic hydroxyl groups excluding tert-OH is 1. The summed E-state index contributed by atoms with van der Waals surface area (Å²) in [6.07, 6.45) is -1.00. The summed E-state index contributed by atoms with van der Waals surface area (Å²) in [5.41, 5.74) is 0.0787. The molecule has 3 rings (SSSR count). The van der Waals surface area contributed by atoms with Crippen LogP contribution in [0.2, 0.25) is 5.02 Å². The zero-order valence-electron chi connectivity index (χ0n) is 15.6. The fourth-order valence-corrected chi connectivity index (χ4v) is 4.67. The second kappa shape index (κ2) is 9.36. The van der Waals surface area contributed by atoms with Crippen LogP contribution in [0, 0.1) is 5.82 Å². The van der Waals surface area contributed by atoms with Crippen molar-refractivity contribution in [3.8, 4) is 0 Å². The molecule has 0 bridgehead atoms. The summed E-state index contributed by atoms with van der Waals surface area (Å²) in [4.78, 5) is 12.3. The number of alkyl halides is 1. The highest BCUT2D eigenvalue weighted by Gasteiger charge is 2.29. The molecule has 0 aliphatic carbocycles. The van der Waals surface area contributed by atoms with Crippen LogP contribution in [-0.2, 0) is 21.4 Å². The minimum Gasteiger partial charge on any atom is -0.389 e. The molecule has 1 heterocycles. The maximum absolute atomic E-state index is 13.4. The van der Waals surface area contributed by atoms with Crippen LogP contribution in [0.4, 0.5) is 14.5 Å². The average molecular weight is 461 g/mol. The highest BCUT2D eigenvalue weighted by atomic mass is 35.5. The molecule has 1 aliphatic rings. The molecule has 2 aromatic rings. The summed E-state index contributed by atoms with van der Waals surface area (Å²) in [5.74, 6) is -1.38. The Morgan fingerprint density at radius 3 is 2.77 bits per heavy atom. The van der Waals surface area contributed by atoms with Gasteiger partial charge in [0.15, 0.2) is 0 Å². The van der Waals surface area contributed by atoms with E-state index in [1.54, 1.807) is 0 Å². The molecule has 0 saturated carbocycles. The molecule has 0 aromatic heterocycles. The zero-order chi connectivity index (χ0) is 21.9. The minimum absolute atomic E-state index is 0.00439. The summed E-state index contributed by atoms with van der Waals surface area (Å²) in [6.45, 7) is -1.06. The van der Waals surface area contributed by atoms with Crippen LogP contribution >= 0.6 is 11.6 Å². The number of anilines is 1. The lowest BCUT2D eigenvalue weighted by atomic mass is 10.1. The van der Waals surface area contributed by atoms with Crippen LogP contribution in [0.3, 0.4) is 0 Å². The van der Waals surface area contributed by atoms with Crippen LogP contribution in [0.1, 0.15) is 15.9 Å². The van der Waals surface area contributed by atoms with E-state index in [-0.39, 0.29) is 53.0 Å². The van der Waals surface area contributed by atoms with E-state index in [0.29, 0.717) is 0 Å². The van der Waals surface area contributed by atoms with Gasteiger partial charge in [0.2, 0.25) is 10.0 Å². The molecule has 162 valence electrons. The van der Waals surface area contributed by atoms with E-state index in [2.05, 4.69) is 5.32 Å². The topological polar surface area (TPSA) is 95.9 Å². The molecule has 1 fully saturated rings. The molecular weight excluding hydrogens is 442 g/mol. The Bertz CT molecular complexity index is 1050. The highest BCUT2D eigenvalue weighted by Crippen LogP contribution is 2.24. The van der Waals surface area contributed by atoms with Gasteiger partial charge >= 0.3 is 0 Å². The lowest BCUT2D eigenvalue weighted by molar-refractivity contribution is 0.0583. The van der Waals surface area contributed by atoms with Crippen molar-refractivity contribution in [2.45, 2.75) is 17.7 Å². The number of hydrogen-bond donors (Lipinski definition) is 2. The molecule has 0 spiro atoms. The van der Waals surface area contributed by atoms with Crippen molar-refractivity contribution in [2.75, 3.05) is 31.6 Å². The third-order valence-corrected chi connectivity index (χ3v) is 6.54. The molecule has 2 N–H and O–H groups in total. The van der Waals surface area contributed by atoms with Crippen molar-refractivity contribution in [1.82, 2.24) is 4.31 Å². The maximum atomic E-state index is 13.4. The number of carbonyl (C=O) groups excluding carboxylic acids is 1. The van der Waals surface area contributed by atoms with E-state index in [0.717, 1.165) is 22.5 Å². The Morgan fingerprint density at radius 1 is 1.30 bits per heavy atom. The number of amides is 1. The number of aliphatic hydroxyl groups is 1. The standard InChI is InChI=1S/C19H19ClF2N2O5S/c20-17-8-14(1-2-18(17)22)23-19(26)13-5-12(9-21)6-16(7-13)30(27,28)24-3-4-29-11-15(25)10-24/h1-2,5-8,15,25H,3-4,9-11H2,(H,23,26). The van der Waals surface area contributed by atoms with Gasteiger partial charge in [-0.1, -0.05) is 11.6 Å². The Labute approximate surface area is 177 Å². The molecule has 1 amide bonds. The Morgan fingerprint density at radius 2 is 2.07 bits per heavy atom. The van der Waals surface area contributed by atoms with Crippen LogP contribution in [0.25, 0.3) is 0 Å². The van der Waals surface area contributed by atoms with Crippen LogP contribution in [-0.4, -0.2) is 56.1 Å². The monoisotopic (exact) mass is 460 g/mol. The van der Waals surface area contributed by atoms with Gasteiger partial charge in [0.25, 0.3) is 5.91 Å². The predicted octanol–water partition coefficient (Wildman–Crippen LogP) is 2.58. The third kappa shape index (κ3) is 5.13. The largest absolute Gasteiger partial charge is 0.389 e. The van der Waals surface area contributed by atoms with Crippen molar-refractivity contribution in [1.29, 1.82) is 0 Å². The number of nitrogens with one attached hydrogen (secondary N) is 1. The maximum Gasteiger partial charge on any atom is 0.255 e. The SMILES string of the molecule is O=C(Nc1ccc(F)c(Cl)c1)c1cc(CF)cc(S(=O)(=O)N2CCOCC(O)C2)c1. The minimum atomic E-state index is -4.12. The second-order valence-electron chi connectivity index (χ2n) is 6.67. The van der Waals surface area contributed by atoms with Gasteiger partial charge in [-0.3, -0.25) is 4.79 Å². The number of nitrogens with zero attached hydrogens (tertiary/aromatic N) is 1. The summed E-state index contributed by atoms with van der Waals surface area (Å²) in [7, 11) is -4.12. The van der Waals surface area contributed by atoms with Gasteiger partial charge < -0.3 is 15.2 Å². The molecule has 1 unspecified atom stereocenters. The Balaban J connectivity index is 1.92. The fraction of sp³-hybridized carbons (Fsp3) is 0.316. The average Bonchev–Trinajstić information content (AvgIpc) is 2.95. The van der Waals surface area contributed by atoms with Gasteiger partial charge in [0.1, 0.15) is 12.5 Å². The molecule has 1 aliphatic heterocycles. The van der Waals surface area contributed by atoms with Crippen LogP contribution < -0.4 is 5.32 Å². The number of β-amino-alcohol motifs (C(OH)–C–C–N with tert-alkyl or cyclic N) is 1. The predicted molar refractivity (Wildman–Crippen MR) is 106 cm³/mol. The van der Waals surface area contributed by atoms with Gasteiger partial charge in [-0.05, 0) is 42.0 Å². The quantitative estimate of drug-likeness (QED) is 0.715. The third-order valence-electron chi connectivity index (χ3n) is 4.41. The van der Waals surface area contributed by atoms with Crippen LogP contribution in [0.15, 0.2) is 41.3 Å². The summed E-state index contributed by atoms with van der Waals surface area (Å²) >= 11 is 5.70. The number of halogens is 3. The van der Waals surface area contributed by atoms with E-state index in [1.165, 1.54) is 18.2 Å². The first kappa shape index (κ1) is 22.6. The lowest BCUT2D eigenvalue weighted by Crippen LogP contribution is -2.37. The molecule has 11 heteroatoms. The molecule has 30 heavy (non-hydrogen) atoms. The van der Waals surface area contributed by atoms with E-state index >= 15 is 0 Å². The van der Waals surface area contributed by atoms with Gasteiger partial charge in [-0.15, -0.1) is 0 Å². The van der Waals surface area contributed by atoms with Crippen molar-refractivity contribution in [2.24, 2.45) is 0 Å². The van der Waals surface area contributed by atoms with Crippen molar-refractivity contribution in [3.05, 3.63) is 58.4 Å². The van der Waals surface area contributed by atoms with Crippen LogP contribution in [0.5, 0.6) is 0 Å². The summed E-state index contributed by atoms with van der Waals surface area (Å²) < 4.78 is 58.9. The highest BCUT2D eigenvalue weighted by molar-refractivity contribution is 7.89. The van der Waals surface area contributed by atoms with Gasteiger partial charge in [-0.2, -0.15) is 4.31 Å². The van der Waals surface area contributed by atoms with Crippen molar-refractivity contribution in [3.63, 3.8) is 0 Å². The first-order valence-electron chi connectivity index (χ1n) is 8.93. The van der Waals surface area contributed by atoms with E-state index < -0.39 is 34.5 Å². The molecule has 1 saturated heterocycles. The number of hydrogen-bond acceptors (Lipinski definition) is 5. The van der Waals surface area contributed by atoms with Gasteiger partial charge in [0.05, 0.1) is 29.2 Å². The number of rotatable bonds is 5. The Kier molecular flexibility index (Phi) is 7.04. The molecule has 7 nitrogen and oxygen atoms in total. The molecular formula is C19H19ClF2N2O5S. The fourth-order valence-electron chi connectivity index (χ4n) is 2.93.